The Labute approximate surface area is 144 Å². The molecule has 1 amide bonds. The first-order valence-corrected chi connectivity index (χ1v) is 8.10. The van der Waals surface area contributed by atoms with Crippen molar-refractivity contribution >= 4 is 11.6 Å². The Morgan fingerprint density at radius 3 is 2.52 bits per heavy atom. The third kappa shape index (κ3) is 3.52. The summed E-state index contributed by atoms with van der Waals surface area (Å²) in [6, 6.07) is 7.35. The van der Waals surface area contributed by atoms with Crippen LogP contribution >= 0.6 is 0 Å². The molecular weight excluding hydrogens is 329 g/mol. The van der Waals surface area contributed by atoms with Gasteiger partial charge in [-0.05, 0) is 56.4 Å². The van der Waals surface area contributed by atoms with Crippen molar-refractivity contribution in [3.63, 3.8) is 0 Å². The number of rotatable bonds is 3. The van der Waals surface area contributed by atoms with Crippen LogP contribution in [0, 0.1) is 26.7 Å². The Kier molecular flexibility index (Phi) is 4.31. The minimum absolute atomic E-state index is 0.200. The van der Waals surface area contributed by atoms with Crippen LogP contribution in [0.1, 0.15) is 40.4 Å². The number of halogens is 3. The Bertz CT molecular complexity index is 807. The van der Waals surface area contributed by atoms with Crippen molar-refractivity contribution in [2.75, 3.05) is 5.32 Å². The average molecular weight is 348 g/mol. The topological polar surface area (TPSA) is 42.0 Å². The number of amides is 1. The van der Waals surface area contributed by atoms with Crippen molar-refractivity contribution in [3.8, 4) is 0 Å². The Balaban J connectivity index is 1.78. The van der Waals surface area contributed by atoms with E-state index in [1.54, 1.807) is 13.0 Å². The number of aromatic nitrogens is 1. The molecule has 1 aromatic carbocycles. The first-order chi connectivity index (χ1) is 11.7. The molecule has 3 nitrogen and oxygen atoms in total. The molecule has 0 bridgehead atoms. The minimum atomic E-state index is -4.41. The molecular formula is C19H19F3N2O. The summed E-state index contributed by atoms with van der Waals surface area (Å²) in [4.78, 5) is 16.8. The fourth-order valence-corrected chi connectivity index (χ4v) is 3.34. The summed E-state index contributed by atoms with van der Waals surface area (Å²) >= 11 is 0. The van der Waals surface area contributed by atoms with Gasteiger partial charge in [-0.1, -0.05) is 18.2 Å². The lowest BCUT2D eigenvalue weighted by Crippen LogP contribution is -2.17. The second kappa shape index (κ2) is 6.17. The molecule has 132 valence electrons. The van der Waals surface area contributed by atoms with Crippen LogP contribution in [0.2, 0.25) is 0 Å². The predicted molar refractivity (Wildman–Crippen MR) is 89.4 cm³/mol. The van der Waals surface area contributed by atoms with Gasteiger partial charge in [-0.15, -0.1) is 0 Å². The van der Waals surface area contributed by atoms with Gasteiger partial charge in [0.25, 0.3) is 0 Å². The maximum Gasteiger partial charge on any atom is 0.416 e. The van der Waals surface area contributed by atoms with E-state index in [-0.39, 0.29) is 11.5 Å². The zero-order chi connectivity index (χ0) is 18.4. The zero-order valence-electron chi connectivity index (χ0n) is 14.2. The monoisotopic (exact) mass is 348 g/mol. The standard InChI is InChI=1S/C19H19F3N2O/c1-10-8-11(2)23-12(3)17(10)24-18(25)15-9-14(15)13-6-4-5-7-16(13)19(20,21)22/h4-8,14-15H,9H2,1-3H3,(H,24,25)/t14-,15-/m0/s1. The van der Waals surface area contributed by atoms with E-state index in [2.05, 4.69) is 10.3 Å². The van der Waals surface area contributed by atoms with Crippen LogP contribution in [-0.4, -0.2) is 10.9 Å². The van der Waals surface area contributed by atoms with E-state index in [0.29, 0.717) is 17.8 Å². The number of hydrogen-bond donors (Lipinski definition) is 1. The molecule has 0 saturated heterocycles. The number of benzene rings is 1. The smallest absolute Gasteiger partial charge is 0.324 e. The van der Waals surface area contributed by atoms with Crippen molar-refractivity contribution in [2.45, 2.75) is 39.3 Å². The van der Waals surface area contributed by atoms with Gasteiger partial charge in [-0.25, -0.2) is 0 Å². The number of carbonyl (C=O) groups is 1. The number of aryl methyl sites for hydroxylation is 3. The van der Waals surface area contributed by atoms with Crippen LogP contribution in [0.15, 0.2) is 30.3 Å². The Hall–Kier alpha value is -2.37. The van der Waals surface area contributed by atoms with Crippen LogP contribution in [0.3, 0.4) is 0 Å². The van der Waals surface area contributed by atoms with Gasteiger partial charge < -0.3 is 5.32 Å². The van der Waals surface area contributed by atoms with Gasteiger partial charge in [0, 0.05) is 11.6 Å². The number of carbonyl (C=O) groups excluding carboxylic acids is 1. The summed E-state index contributed by atoms with van der Waals surface area (Å²) in [5, 5.41) is 2.84. The summed E-state index contributed by atoms with van der Waals surface area (Å²) in [6.45, 7) is 5.55. The van der Waals surface area contributed by atoms with Crippen molar-refractivity contribution in [1.82, 2.24) is 4.98 Å². The first kappa shape index (κ1) is 17.5. The lowest BCUT2D eigenvalue weighted by atomic mass is 10.0. The number of alkyl halides is 3. The Morgan fingerprint density at radius 2 is 1.88 bits per heavy atom. The molecule has 1 aliphatic carbocycles. The average Bonchev–Trinajstić information content (AvgIpc) is 3.30. The minimum Gasteiger partial charge on any atom is -0.324 e. The van der Waals surface area contributed by atoms with E-state index < -0.39 is 23.6 Å². The molecule has 1 heterocycles. The van der Waals surface area contributed by atoms with E-state index in [0.717, 1.165) is 17.3 Å². The van der Waals surface area contributed by atoms with Crippen LogP contribution in [0.25, 0.3) is 0 Å². The predicted octanol–water partition coefficient (Wildman–Crippen LogP) is 4.77. The third-order valence-corrected chi connectivity index (χ3v) is 4.57. The molecule has 25 heavy (non-hydrogen) atoms. The van der Waals surface area contributed by atoms with Crippen molar-refractivity contribution in [2.24, 2.45) is 5.92 Å². The van der Waals surface area contributed by atoms with Gasteiger partial charge in [0.05, 0.1) is 16.9 Å². The molecule has 0 aliphatic heterocycles. The molecule has 6 heteroatoms. The van der Waals surface area contributed by atoms with Crippen molar-refractivity contribution < 1.29 is 18.0 Å². The van der Waals surface area contributed by atoms with Crippen LogP contribution in [-0.2, 0) is 11.0 Å². The summed E-state index contributed by atoms with van der Waals surface area (Å²) in [5.41, 5.74) is 2.65. The fraction of sp³-hybridized carbons (Fsp3) is 0.368. The number of nitrogens with one attached hydrogen (secondary N) is 1. The Morgan fingerprint density at radius 1 is 1.20 bits per heavy atom. The lowest BCUT2D eigenvalue weighted by molar-refractivity contribution is -0.138. The maximum absolute atomic E-state index is 13.1. The van der Waals surface area contributed by atoms with Crippen LogP contribution in [0.4, 0.5) is 18.9 Å². The summed E-state index contributed by atoms with van der Waals surface area (Å²) in [7, 11) is 0. The molecule has 0 radical (unpaired) electrons. The fourth-order valence-electron chi connectivity index (χ4n) is 3.34. The van der Waals surface area contributed by atoms with Gasteiger partial charge >= 0.3 is 6.18 Å². The second-order valence-electron chi connectivity index (χ2n) is 6.56. The molecule has 1 fully saturated rings. The van der Waals surface area contributed by atoms with Gasteiger partial charge in [0.2, 0.25) is 5.91 Å². The molecule has 3 rings (SSSR count). The molecule has 2 aromatic rings. The summed E-state index contributed by atoms with van der Waals surface area (Å²) in [5.74, 6) is -1.08. The largest absolute Gasteiger partial charge is 0.416 e. The van der Waals surface area contributed by atoms with E-state index in [9.17, 15) is 18.0 Å². The molecule has 1 N–H and O–H groups in total. The van der Waals surface area contributed by atoms with Gasteiger partial charge in [0.1, 0.15) is 0 Å². The number of pyridine rings is 1. The highest BCUT2D eigenvalue weighted by molar-refractivity contribution is 5.96. The molecule has 1 saturated carbocycles. The highest BCUT2D eigenvalue weighted by Crippen LogP contribution is 2.51. The van der Waals surface area contributed by atoms with E-state index in [1.165, 1.54) is 12.1 Å². The van der Waals surface area contributed by atoms with Crippen LogP contribution < -0.4 is 5.32 Å². The lowest BCUT2D eigenvalue weighted by Gasteiger charge is -2.14. The van der Waals surface area contributed by atoms with Gasteiger partial charge in [-0.2, -0.15) is 13.2 Å². The molecule has 1 aromatic heterocycles. The molecule has 0 unspecified atom stereocenters. The van der Waals surface area contributed by atoms with Gasteiger partial charge in [0.15, 0.2) is 0 Å². The third-order valence-electron chi connectivity index (χ3n) is 4.57. The summed E-state index contributed by atoms with van der Waals surface area (Å²) < 4.78 is 39.4. The maximum atomic E-state index is 13.1. The van der Waals surface area contributed by atoms with Crippen LogP contribution in [0.5, 0.6) is 0 Å². The number of nitrogens with zero attached hydrogens (tertiary/aromatic N) is 1. The van der Waals surface area contributed by atoms with E-state index in [4.69, 9.17) is 0 Å². The highest BCUT2D eigenvalue weighted by Gasteiger charge is 2.47. The van der Waals surface area contributed by atoms with E-state index >= 15 is 0 Å². The van der Waals surface area contributed by atoms with E-state index in [1.807, 2.05) is 19.9 Å². The highest BCUT2D eigenvalue weighted by atomic mass is 19.4. The summed E-state index contributed by atoms with van der Waals surface area (Å²) in [6.07, 6.45) is -3.98. The first-order valence-electron chi connectivity index (χ1n) is 8.10. The molecule has 1 aliphatic rings. The SMILES string of the molecule is Cc1cc(C)c(NC(=O)[C@H]2C[C@H]2c2ccccc2C(F)(F)F)c(C)n1. The molecule has 2 atom stereocenters. The second-order valence-corrected chi connectivity index (χ2v) is 6.56. The quantitative estimate of drug-likeness (QED) is 0.868. The van der Waals surface area contributed by atoms with Crippen molar-refractivity contribution in [1.29, 1.82) is 0 Å². The normalized spacial score (nSPS) is 19.6. The number of anilines is 1. The zero-order valence-corrected chi connectivity index (χ0v) is 14.2. The molecule has 0 spiro atoms. The van der Waals surface area contributed by atoms with Crippen molar-refractivity contribution in [3.05, 3.63) is 58.4 Å². The number of hydrogen-bond acceptors (Lipinski definition) is 2. The van der Waals surface area contributed by atoms with Gasteiger partial charge in [-0.3, -0.25) is 9.78 Å².